The molecule has 0 spiro atoms. The van der Waals surface area contributed by atoms with Crippen LogP contribution >= 0.6 is 11.6 Å². The van der Waals surface area contributed by atoms with E-state index < -0.39 is 0 Å². The Morgan fingerprint density at radius 2 is 2.23 bits per heavy atom. The second-order valence-corrected chi connectivity index (χ2v) is 7.79. The zero-order valence-corrected chi connectivity index (χ0v) is 18.4. The summed E-state index contributed by atoms with van der Waals surface area (Å²) in [6.07, 6.45) is 6.72. The van der Waals surface area contributed by atoms with Crippen LogP contribution in [0.15, 0.2) is 47.0 Å². The third-order valence-electron chi connectivity index (χ3n) is 5.02. The first kappa shape index (κ1) is 22.5. The lowest BCUT2D eigenvalue weighted by atomic mass is 10.0. The van der Waals surface area contributed by atoms with Crippen LogP contribution in [0.4, 0.5) is 5.69 Å². The molecule has 31 heavy (non-hydrogen) atoms. The number of methoxy groups -OCH3 is 1. The highest BCUT2D eigenvalue weighted by molar-refractivity contribution is 6.29. The lowest BCUT2D eigenvalue weighted by Gasteiger charge is -2.22. The molecule has 1 atom stereocenters. The van der Waals surface area contributed by atoms with Gasteiger partial charge in [-0.2, -0.15) is 10.4 Å². The number of hydrogen-bond donors (Lipinski definition) is 3. The maximum Gasteiger partial charge on any atom is 0.170 e. The summed E-state index contributed by atoms with van der Waals surface area (Å²) in [5, 5.41) is 17.4. The molecule has 1 aliphatic rings. The Labute approximate surface area is 187 Å². The smallest absolute Gasteiger partial charge is 0.170 e. The Bertz CT molecular complexity index is 1020. The summed E-state index contributed by atoms with van der Waals surface area (Å²) >= 11 is 5.83. The molecule has 0 bridgehead atoms. The lowest BCUT2D eigenvalue weighted by Crippen LogP contribution is -2.24. The number of halogens is 1. The van der Waals surface area contributed by atoms with Gasteiger partial charge in [0.15, 0.2) is 5.69 Å². The largest absolute Gasteiger partial charge is 0.494 e. The Morgan fingerprint density at radius 3 is 2.84 bits per heavy atom. The molecule has 9 heteroatoms. The first-order chi connectivity index (χ1) is 14.9. The van der Waals surface area contributed by atoms with E-state index in [0.717, 1.165) is 31.4 Å². The van der Waals surface area contributed by atoms with Gasteiger partial charge in [0, 0.05) is 29.6 Å². The van der Waals surface area contributed by atoms with Gasteiger partial charge in [-0.25, -0.2) is 0 Å². The molecular formula is C22H27ClN6O2. The van der Waals surface area contributed by atoms with Crippen molar-refractivity contribution in [3.63, 3.8) is 0 Å². The van der Waals surface area contributed by atoms with E-state index in [-0.39, 0.29) is 11.3 Å². The predicted molar refractivity (Wildman–Crippen MR) is 121 cm³/mol. The molecule has 0 radical (unpaired) electrons. The fraction of sp³-hybridized carbons (Fsp3) is 0.364. The third-order valence-corrected chi connectivity index (χ3v) is 5.13. The van der Waals surface area contributed by atoms with Crippen molar-refractivity contribution in [3.8, 4) is 22.9 Å². The van der Waals surface area contributed by atoms with E-state index in [1.807, 2.05) is 24.4 Å². The normalized spacial score (nSPS) is 17.6. The van der Waals surface area contributed by atoms with Crippen molar-refractivity contribution in [1.29, 1.82) is 5.26 Å². The van der Waals surface area contributed by atoms with Crippen molar-refractivity contribution in [3.05, 3.63) is 52.7 Å². The molecule has 1 saturated heterocycles. The highest BCUT2D eigenvalue weighted by atomic mass is 35.5. The zero-order valence-electron chi connectivity index (χ0n) is 17.7. The molecule has 5 N–H and O–H groups in total. The van der Waals surface area contributed by atoms with Gasteiger partial charge in [-0.3, -0.25) is 4.68 Å². The maximum atomic E-state index is 9.68. The highest BCUT2D eigenvalue weighted by Gasteiger charge is 2.20. The second-order valence-electron chi connectivity index (χ2n) is 7.35. The molecular weight excluding hydrogens is 416 g/mol. The number of anilines is 1. The van der Waals surface area contributed by atoms with E-state index in [9.17, 15) is 5.26 Å². The van der Waals surface area contributed by atoms with E-state index >= 15 is 0 Å². The van der Waals surface area contributed by atoms with Gasteiger partial charge in [0.1, 0.15) is 17.0 Å². The van der Waals surface area contributed by atoms with Crippen molar-refractivity contribution in [2.45, 2.75) is 38.8 Å². The molecule has 3 rings (SSSR count). The Morgan fingerprint density at radius 1 is 1.42 bits per heavy atom. The minimum Gasteiger partial charge on any atom is -0.494 e. The van der Waals surface area contributed by atoms with Crippen molar-refractivity contribution in [2.24, 2.45) is 11.5 Å². The number of benzene rings is 1. The first-order valence-corrected chi connectivity index (χ1v) is 10.4. The second kappa shape index (κ2) is 10.2. The fourth-order valence-electron chi connectivity index (χ4n) is 3.55. The lowest BCUT2D eigenvalue weighted by molar-refractivity contribution is 0.00399. The number of hydrogen-bond acceptors (Lipinski definition) is 7. The number of ether oxygens (including phenoxy) is 2. The van der Waals surface area contributed by atoms with Gasteiger partial charge in [0.2, 0.25) is 0 Å². The molecule has 1 aliphatic heterocycles. The molecule has 0 aliphatic carbocycles. The average molecular weight is 443 g/mol. The fourth-order valence-corrected chi connectivity index (χ4v) is 3.66. The SMILES string of the molecule is COc1c(NC(/C=C(\N)Cl)=C(\C)N)cccc1-c1cn(CC2CCCCO2)nc1C#N. The van der Waals surface area contributed by atoms with Crippen LogP contribution in [0.1, 0.15) is 31.9 Å². The molecule has 1 fully saturated rings. The molecule has 1 aromatic carbocycles. The number of nitrogens with two attached hydrogens (primary N) is 2. The van der Waals surface area contributed by atoms with Crippen molar-refractivity contribution in [1.82, 2.24) is 9.78 Å². The van der Waals surface area contributed by atoms with Gasteiger partial charge in [-0.15, -0.1) is 0 Å². The number of para-hydroxylation sites is 1. The van der Waals surface area contributed by atoms with E-state index in [1.165, 1.54) is 6.08 Å². The maximum absolute atomic E-state index is 9.68. The molecule has 1 unspecified atom stereocenters. The number of nitriles is 1. The van der Waals surface area contributed by atoms with E-state index in [1.54, 1.807) is 18.7 Å². The van der Waals surface area contributed by atoms with Gasteiger partial charge >= 0.3 is 0 Å². The van der Waals surface area contributed by atoms with Gasteiger partial charge < -0.3 is 26.3 Å². The molecule has 2 heterocycles. The summed E-state index contributed by atoms with van der Waals surface area (Å²) < 4.78 is 13.3. The molecule has 0 saturated carbocycles. The molecule has 1 aromatic heterocycles. The van der Waals surface area contributed by atoms with Crippen molar-refractivity contribution in [2.75, 3.05) is 19.0 Å². The van der Waals surface area contributed by atoms with Crippen LogP contribution < -0.4 is 21.5 Å². The minimum atomic E-state index is 0.0976. The van der Waals surface area contributed by atoms with E-state index in [0.29, 0.717) is 40.6 Å². The van der Waals surface area contributed by atoms with Crippen LogP contribution in [-0.4, -0.2) is 29.6 Å². The summed E-state index contributed by atoms with van der Waals surface area (Å²) in [7, 11) is 1.57. The molecule has 164 valence electrons. The number of rotatable bonds is 7. The van der Waals surface area contributed by atoms with Crippen LogP contribution in [0.3, 0.4) is 0 Å². The topological polar surface area (TPSA) is 124 Å². The summed E-state index contributed by atoms with van der Waals surface area (Å²) in [6, 6.07) is 7.77. The van der Waals surface area contributed by atoms with Crippen molar-refractivity contribution >= 4 is 17.3 Å². The van der Waals surface area contributed by atoms with Gasteiger partial charge in [0.25, 0.3) is 0 Å². The summed E-state index contributed by atoms with van der Waals surface area (Å²) in [4.78, 5) is 0. The number of allylic oxidation sites excluding steroid dienone is 2. The number of nitrogens with zero attached hydrogens (tertiary/aromatic N) is 3. The highest BCUT2D eigenvalue weighted by Crippen LogP contribution is 2.38. The summed E-state index contributed by atoms with van der Waals surface area (Å²) in [5.41, 5.74) is 15.0. The first-order valence-electron chi connectivity index (χ1n) is 10.1. The van der Waals surface area contributed by atoms with Crippen LogP contribution in [0.2, 0.25) is 0 Å². The molecule has 2 aromatic rings. The minimum absolute atomic E-state index is 0.0976. The van der Waals surface area contributed by atoms with E-state index in [2.05, 4.69) is 16.5 Å². The summed E-state index contributed by atoms with van der Waals surface area (Å²) in [5.74, 6) is 0.549. The monoisotopic (exact) mass is 442 g/mol. The summed E-state index contributed by atoms with van der Waals surface area (Å²) in [6.45, 7) is 3.11. The van der Waals surface area contributed by atoms with Gasteiger partial charge in [-0.05, 0) is 38.3 Å². The Kier molecular flexibility index (Phi) is 7.45. The average Bonchev–Trinajstić information content (AvgIpc) is 3.16. The number of nitrogens with one attached hydrogen (secondary N) is 1. The van der Waals surface area contributed by atoms with Crippen LogP contribution in [-0.2, 0) is 11.3 Å². The number of aromatic nitrogens is 2. The van der Waals surface area contributed by atoms with Crippen LogP contribution in [0.25, 0.3) is 11.1 Å². The molecule has 0 amide bonds. The Hall–Kier alpha value is -3.15. The van der Waals surface area contributed by atoms with Crippen LogP contribution in [0, 0.1) is 11.3 Å². The molecule has 8 nitrogen and oxygen atoms in total. The predicted octanol–water partition coefficient (Wildman–Crippen LogP) is 3.64. The quantitative estimate of drug-likeness (QED) is 0.441. The van der Waals surface area contributed by atoms with Crippen molar-refractivity contribution < 1.29 is 9.47 Å². The third kappa shape index (κ3) is 5.51. The van der Waals surface area contributed by atoms with E-state index in [4.69, 9.17) is 32.5 Å². The standard InChI is InChI=1S/C22H27ClN6O2/c1-14(25)19(10-21(23)26)27-18-8-5-7-16(22(18)30-2)17-13-29(28-20(17)11-24)12-15-6-3-4-9-31-15/h5,7-8,10,13,15,27H,3-4,6,9,12,25-26H2,1-2H3/b19-14+,21-10-. The van der Waals surface area contributed by atoms with Gasteiger partial charge in [0.05, 0.1) is 31.1 Å². The zero-order chi connectivity index (χ0) is 22.4. The Balaban J connectivity index is 1.97. The van der Waals surface area contributed by atoms with Gasteiger partial charge in [-0.1, -0.05) is 23.7 Å². The van der Waals surface area contributed by atoms with Crippen LogP contribution in [0.5, 0.6) is 5.75 Å².